The lowest BCUT2D eigenvalue weighted by atomic mass is 10.2. The number of rotatable bonds is 1. The third-order valence-electron chi connectivity index (χ3n) is 1.71. The molecule has 2 amide bonds. The van der Waals surface area contributed by atoms with Crippen molar-refractivity contribution in [3.05, 3.63) is 29.6 Å². The second-order valence-corrected chi connectivity index (χ2v) is 3.21. The standard InChI is InChI=1S/C8H6F4N2OS/c9-6-2-1-4(14(16)7(13)15)3-5(6)8(10,11)12/h1-3,16H,(H2,13,15). The number of hydrogen-bond donors (Lipinski definition) is 2. The molecule has 1 aromatic rings. The summed E-state index contributed by atoms with van der Waals surface area (Å²) in [6, 6.07) is 0.933. The van der Waals surface area contributed by atoms with Gasteiger partial charge in [-0.2, -0.15) is 13.2 Å². The van der Waals surface area contributed by atoms with Crippen molar-refractivity contribution in [2.45, 2.75) is 6.18 Å². The van der Waals surface area contributed by atoms with Crippen LogP contribution in [0.5, 0.6) is 0 Å². The van der Waals surface area contributed by atoms with Crippen LogP contribution in [0.25, 0.3) is 0 Å². The molecule has 88 valence electrons. The van der Waals surface area contributed by atoms with Crippen LogP contribution in [0.15, 0.2) is 18.2 Å². The van der Waals surface area contributed by atoms with Gasteiger partial charge in [-0.25, -0.2) is 13.5 Å². The van der Waals surface area contributed by atoms with Crippen LogP contribution >= 0.6 is 12.8 Å². The fraction of sp³-hybridized carbons (Fsp3) is 0.125. The maximum Gasteiger partial charge on any atom is 0.419 e. The summed E-state index contributed by atoms with van der Waals surface area (Å²) in [6.07, 6.45) is -4.84. The summed E-state index contributed by atoms with van der Waals surface area (Å²) in [7, 11) is 0. The normalized spacial score (nSPS) is 11.3. The number of halogens is 4. The third-order valence-corrected chi connectivity index (χ3v) is 2.14. The smallest absolute Gasteiger partial charge is 0.350 e. The number of nitrogens with two attached hydrogens (primary N) is 1. The van der Waals surface area contributed by atoms with Gasteiger partial charge in [0.1, 0.15) is 5.82 Å². The summed E-state index contributed by atoms with van der Waals surface area (Å²) < 4.78 is 50.2. The molecule has 0 aromatic heterocycles. The molecule has 8 heteroatoms. The highest BCUT2D eigenvalue weighted by molar-refractivity contribution is 7.82. The van der Waals surface area contributed by atoms with Crippen LogP contribution in [0.3, 0.4) is 0 Å². The van der Waals surface area contributed by atoms with E-state index < -0.39 is 23.6 Å². The summed E-state index contributed by atoms with van der Waals surface area (Å²) >= 11 is 3.56. The molecule has 0 atom stereocenters. The van der Waals surface area contributed by atoms with Gasteiger partial charge < -0.3 is 5.73 Å². The largest absolute Gasteiger partial charge is 0.419 e. The molecule has 2 N–H and O–H groups in total. The summed E-state index contributed by atoms with van der Waals surface area (Å²) in [6.45, 7) is 0. The Kier molecular flexibility index (Phi) is 3.32. The second-order valence-electron chi connectivity index (χ2n) is 2.81. The molecule has 1 aromatic carbocycles. The van der Waals surface area contributed by atoms with E-state index >= 15 is 0 Å². The highest BCUT2D eigenvalue weighted by Crippen LogP contribution is 2.34. The van der Waals surface area contributed by atoms with E-state index in [1.54, 1.807) is 0 Å². The van der Waals surface area contributed by atoms with Crippen LogP contribution in [0, 0.1) is 5.82 Å². The molecule has 3 nitrogen and oxygen atoms in total. The van der Waals surface area contributed by atoms with Crippen LogP contribution in [0.1, 0.15) is 5.56 Å². The number of nitrogens with zero attached hydrogens (tertiary/aromatic N) is 1. The maximum atomic E-state index is 12.9. The molecule has 16 heavy (non-hydrogen) atoms. The summed E-state index contributed by atoms with van der Waals surface area (Å²) in [4.78, 5) is 10.6. The minimum absolute atomic E-state index is 0.260. The minimum Gasteiger partial charge on any atom is -0.350 e. The average Bonchev–Trinajstić information content (AvgIpc) is 2.15. The van der Waals surface area contributed by atoms with Crippen LogP contribution in [-0.4, -0.2) is 6.03 Å². The molecular formula is C8H6F4N2OS. The van der Waals surface area contributed by atoms with Gasteiger partial charge in [0.25, 0.3) is 0 Å². The first-order valence-electron chi connectivity index (χ1n) is 3.88. The Morgan fingerprint density at radius 1 is 1.38 bits per heavy atom. The van der Waals surface area contributed by atoms with Gasteiger partial charge in [0.15, 0.2) is 0 Å². The fourth-order valence-electron chi connectivity index (χ4n) is 0.989. The summed E-state index contributed by atoms with van der Waals surface area (Å²) in [5, 5.41) is 0. The highest BCUT2D eigenvalue weighted by atomic mass is 32.1. The molecule has 0 heterocycles. The molecule has 0 aliphatic rings. The molecule has 0 saturated carbocycles. The average molecular weight is 254 g/mol. The van der Waals surface area contributed by atoms with Gasteiger partial charge >= 0.3 is 12.2 Å². The number of amides is 2. The van der Waals surface area contributed by atoms with Crippen LogP contribution in [0.2, 0.25) is 0 Å². The lowest BCUT2D eigenvalue weighted by Crippen LogP contribution is -2.27. The predicted molar refractivity (Wildman–Crippen MR) is 52.5 cm³/mol. The Hall–Kier alpha value is -1.44. The quantitative estimate of drug-likeness (QED) is 0.587. The van der Waals surface area contributed by atoms with E-state index in [0.29, 0.717) is 16.4 Å². The SMILES string of the molecule is NC(=O)N(S)c1ccc(F)c(C(F)(F)F)c1. The number of primary amides is 1. The highest BCUT2D eigenvalue weighted by Gasteiger charge is 2.34. The van der Waals surface area contributed by atoms with Gasteiger partial charge in [0.2, 0.25) is 0 Å². The molecule has 0 bridgehead atoms. The van der Waals surface area contributed by atoms with E-state index in [1.165, 1.54) is 0 Å². The topological polar surface area (TPSA) is 46.3 Å². The second kappa shape index (κ2) is 4.20. The lowest BCUT2D eigenvalue weighted by molar-refractivity contribution is -0.139. The first-order chi connectivity index (χ1) is 7.23. The molecule has 0 saturated heterocycles. The van der Waals surface area contributed by atoms with Gasteiger partial charge in [0, 0.05) is 0 Å². The molecule has 0 radical (unpaired) electrons. The monoisotopic (exact) mass is 254 g/mol. The number of carbonyl (C=O) groups excluding carboxylic acids is 1. The first-order valence-corrected chi connectivity index (χ1v) is 4.28. The Labute approximate surface area is 93.4 Å². The number of anilines is 1. The maximum absolute atomic E-state index is 12.9. The Morgan fingerprint density at radius 2 is 1.94 bits per heavy atom. The molecule has 0 unspecified atom stereocenters. The van der Waals surface area contributed by atoms with E-state index in [-0.39, 0.29) is 5.69 Å². The van der Waals surface area contributed by atoms with E-state index in [1.807, 2.05) is 0 Å². The Balaban J connectivity index is 3.23. The van der Waals surface area contributed by atoms with Crippen molar-refractivity contribution in [2.24, 2.45) is 5.73 Å². The molecule has 0 aliphatic heterocycles. The molecule has 1 rings (SSSR count). The van der Waals surface area contributed by atoms with E-state index in [2.05, 4.69) is 12.8 Å². The van der Waals surface area contributed by atoms with Crippen molar-refractivity contribution in [2.75, 3.05) is 4.31 Å². The number of urea groups is 1. The van der Waals surface area contributed by atoms with Gasteiger partial charge in [0.05, 0.1) is 11.3 Å². The molecule has 0 spiro atoms. The number of thiol groups is 1. The number of alkyl halides is 3. The van der Waals surface area contributed by atoms with Crippen molar-refractivity contribution in [1.29, 1.82) is 0 Å². The van der Waals surface area contributed by atoms with Gasteiger partial charge in [-0.3, -0.25) is 0 Å². The van der Waals surface area contributed by atoms with Gasteiger partial charge in [-0.1, -0.05) is 12.8 Å². The van der Waals surface area contributed by atoms with Crippen molar-refractivity contribution < 1.29 is 22.4 Å². The Morgan fingerprint density at radius 3 is 2.38 bits per heavy atom. The zero-order valence-electron chi connectivity index (χ0n) is 7.62. The number of carbonyl (C=O) groups is 1. The summed E-state index contributed by atoms with van der Waals surface area (Å²) in [5.41, 5.74) is 3.06. The minimum atomic E-state index is -4.84. The fourth-order valence-corrected chi connectivity index (χ4v) is 1.11. The number of hydrogen-bond acceptors (Lipinski definition) is 2. The zero-order valence-corrected chi connectivity index (χ0v) is 8.52. The third kappa shape index (κ3) is 2.57. The summed E-state index contributed by atoms with van der Waals surface area (Å²) in [5.74, 6) is -1.43. The van der Waals surface area contributed by atoms with Crippen molar-refractivity contribution in [3.63, 3.8) is 0 Å². The van der Waals surface area contributed by atoms with Crippen LogP contribution in [0.4, 0.5) is 28.0 Å². The van der Waals surface area contributed by atoms with Crippen LogP contribution in [-0.2, 0) is 6.18 Å². The Bertz CT molecular complexity index is 421. The predicted octanol–water partition coefficient (Wildman–Crippen LogP) is 2.57. The van der Waals surface area contributed by atoms with Gasteiger partial charge in [-0.05, 0) is 18.2 Å². The first kappa shape index (κ1) is 12.6. The van der Waals surface area contributed by atoms with Crippen LogP contribution < -0.4 is 10.0 Å². The van der Waals surface area contributed by atoms with E-state index in [4.69, 9.17) is 5.73 Å². The van der Waals surface area contributed by atoms with E-state index in [0.717, 1.165) is 6.07 Å². The van der Waals surface area contributed by atoms with Gasteiger partial charge in [-0.15, -0.1) is 0 Å². The zero-order chi connectivity index (χ0) is 12.5. The van der Waals surface area contributed by atoms with Crippen molar-refractivity contribution in [1.82, 2.24) is 0 Å². The lowest BCUT2D eigenvalue weighted by Gasteiger charge is -2.15. The van der Waals surface area contributed by atoms with Crippen molar-refractivity contribution in [3.8, 4) is 0 Å². The van der Waals surface area contributed by atoms with Crippen molar-refractivity contribution >= 4 is 24.5 Å². The van der Waals surface area contributed by atoms with E-state index in [9.17, 15) is 22.4 Å². The molecular weight excluding hydrogens is 248 g/mol. The molecule has 0 fully saturated rings. The molecule has 0 aliphatic carbocycles. The number of benzene rings is 1.